The lowest BCUT2D eigenvalue weighted by Crippen LogP contribution is -2.33. The third-order valence-electron chi connectivity index (χ3n) is 1.91. The molecule has 17 heavy (non-hydrogen) atoms. The molecular weight excluding hydrogens is 242 g/mol. The van der Waals surface area contributed by atoms with Crippen molar-refractivity contribution in [2.45, 2.75) is 13.3 Å². The fraction of sp³-hybridized carbons (Fsp3) is 0.200. The number of nitro groups is 1. The molecule has 0 aromatic heterocycles. The van der Waals surface area contributed by atoms with Gasteiger partial charge in [-0.05, 0) is 24.4 Å². The zero-order valence-corrected chi connectivity index (χ0v) is 9.91. The molecule has 0 heterocycles. The van der Waals surface area contributed by atoms with Crippen LogP contribution in [0.15, 0.2) is 24.3 Å². The van der Waals surface area contributed by atoms with E-state index in [1.807, 2.05) is 0 Å². The number of amides is 1. The molecule has 1 amide bonds. The topological polar surface area (TPSA) is 84.3 Å². The highest BCUT2D eigenvalue weighted by Crippen LogP contribution is 2.15. The lowest BCUT2D eigenvalue weighted by molar-refractivity contribution is -0.384. The second-order valence-electron chi connectivity index (χ2n) is 3.16. The van der Waals surface area contributed by atoms with Gasteiger partial charge in [-0.2, -0.15) is 0 Å². The molecule has 1 aromatic carbocycles. The van der Waals surface area contributed by atoms with E-state index in [1.54, 1.807) is 6.92 Å². The molecule has 0 unspecified atom stereocenters. The maximum Gasteiger partial charge on any atom is 0.269 e. The number of non-ortho nitro benzene ring substituents is 1. The number of rotatable bonds is 3. The van der Waals surface area contributed by atoms with Crippen LogP contribution in [0.1, 0.15) is 13.3 Å². The molecule has 90 valence electrons. The highest BCUT2D eigenvalue weighted by Gasteiger charge is 2.05. The van der Waals surface area contributed by atoms with Crippen molar-refractivity contribution in [3.8, 4) is 0 Å². The lowest BCUT2D eigenvalue weighted by Gasteiger charge is -2.08. The Morgan fingerprint density at radius 2 is 2.00 bits per heavy atom. The van der Waals surface area contributed by atoms with Crippen molar-refractivity contribution in [1.29, 1.82) is 0 Å². The van der Waals surface area contributed by atoms with E-state index >= 15 is 0 Å². The van der Waals surface area contributed by atoms with Gasteiger partial charge in [-0.25, -0.2) is 0 Å². The summed E-state index contributed by atoms with van der Waals surface area (Å²) < 4.78 is 0. The lowest BCUT2D eigenvalue weighted by atomic mass is 10.3. The Labute approximate surface area is 103 Å². The minimum absolute atomic E-state index is 0.000868. The summed E-state index contributed by atoms with van der Waals surface area (Å²) in [5.41, 5.74) is 0.580. The van der Waals surface area contributed by atoms with Crippen molar-refractivity contribution >= 4 is 34.6 Å². The van der Waals surface area contributed by atoms with Crippen molar-refractivity contribution in [3.63, 3.8) is 0 Å². The van der Waals surface area contributed by atoms with Crippen molar-refractivity contribution in [3.05, 3.63) is 34.4 Å². The largest absolute Gasteiger partial charge is 0.332 e. The molecule has 2 N–H and O–H groups in total. The first-order valence-corrected chi connectivity index (χ1v) is 5.29. The Bertz CT molecular complexity index is 445. The Morgan fingerprint density at radius 1 is 1.41 bits per heavy atom. The van der Waals surface area contributed by atoms with Crippen LogP contribution in [0.4, 0.5) is 11.4 Å². The van der Waals surface area contributed by atoms with E-state index in [-0.39, 0.29) is 16.7 Å². The third kappa shape index (κ3) is 4.15. The number of thiocarbonyl (C=S) groups is 1. The zero-order chi connectivity index (χ0) is 12.8. The zero-order valence-electron chi connectivity index (χ0n) is 9.10. The monoisotopic (exact) mass is 253 g/mol. The van der Waals surface area contributed by atoms with Gasteiger partial charge in [0, 0.05) is 24.2 Å². The van der Waals surface area contributed by atoms with Gasteiger partial charge >= 0.3 is 0 Å². The molecular formula is C10H11N3O3S. The molecule has 0 saturated carbocycles. The Hall–Kier alpha value is -2.02. The van der Waals surface area contributed by atoms with Gasteiger partial charge in [0.1, 0.15) is 0 Å². The summed E-state index contributed by atoms with van der Waals surface area (Å²) in [6.45, 7) is 1.71. The molecule has 7 heteroatoms. The minimum atomic E-state index is -0.485. The predicted molar refractivity (Wildman–Crippen MR) is 67.8 cm³/mol. The van der Waals surface area contributed by atoms with Crippen LogP contribution in [0.2, 0.25) is 0 Å². The summed E-state index contributed by atoms with van der Waals surface area (Å²) in [6, 6.07) is 5.74. The van der Waals surface area contributed by atoms with Gasteiger partial charge in [-0.15, -0.1) is 0 Å². The van der Waals surface area contributed by atoms with Crippen LogP contribution in [-0.4, -0.2) is 15.9 Å². The second kappa shape index (κ2) is 5.90. The van der Waals surface area contributed by atoms with Crippen LogP contribution in [-0.2, 0) is 4.79 Å². The van der Waals surface area contributed by atoms with E-state index in [2.05, 4.69) is 10.6 Å². The number of nitrogens with one attached hydrogen (secondary N) is 2. The summed E-state index contributed by atoms with van der Waals surface area (Å²) >= 11 is 4.89. The fourth-order valence-corrected chi connectivity index (χ4v) is 1.28. The summed E-state index contributed by atoms with van der Waals surface area (Å²) in [5.74, 6) is -0.190. The van der Waals surface area contributed by atoms with Crippen LogP contribution in [0.25, 0.3) is 0 Å². The van der Waals surface area contributed by atoms with E-state index in [1.165, 1.54) is 24.3 Å². The van der Waals surface area contributed by atoms with Gasteiger partial charge in [-0.1, -0.05) is 6.92 Å². The molecule has 6 nitrogen and oxygen atoms in total. The first kappa shape index (κ1) is 13.0. The van der Waals surface area contributed by atoms with Gasteiger partial charge in [-0.3, -0.25) is 14.9 Å². The Morgan fingerprint density at radius 3 is 2.47 bits per heavy atom. The number of nitro benzene ring substituents is 1. The average Bonchev–Trinajstić information content (AvgIpc) is 2.29. The molecule has 0 fully saturated rings. The van der Waals surface area contributed by atoms with Crippen LogP contribution in [0.5, 0.6) is 0 Å². The molecule has 0 bridgehead atoms. The van der Waals surface area contributed by atoms with E-state index in [0.717, 1.165) is 0 Å². The molecule has 0 radical (unpaired) electrons. The molecule has 0 spiro atoms. The molecule has 0 aliphatic rings. The quantitative estimate of drug-likeness (QED) is 0.487. The first-order valence-electron chi connectivity index (χ1n) is 4.88. The number of anilines is 1. The average molecular weight is 253 g/mol. The highest BCUT2D eigenvalue weighted by molar-refractivity contribution is 7.80. The van der Waals surface area contributed by atoms with Crippen molar-refractivity contribution in [2.24, 2.45) is 0 Å². The SMILES string of the molecule is CCC(=O)NC(=S)Nc1ccc([N+](=O)[O-])cc1. The maximum atomic E-state index is 11.0. The smallest absolute Gasteiger partial charge is 0.269 e. The van der Waals surface area contributed by atoms with E-state index in [9.17, 15) is 14.9 Å². The number of benzene rings is 1. The van der Waals surface area contributed by atoms with Gasteiger partial charge in [0.15, 0.2) is 5.11 Å². The number of carbonyl (C=O) groups excluding carboxylic acids is 1. The van der Waals surface area contributed by atoms with Crippen molar-refractivity contribution in [1.82, 2.24) is 5.32 Å². The van der Waals surface area contributed by atoms with Crippen LogP contribution in [0, 0.1) is 10.1 Å². The summed E-state index contributed by atoms with van der Waals surface area (Å²) in [5, 5.41) is 15.8. The molecule has 0 saturated heterocycles. The molecule has 1 aromatic rings. The van der Waals surface area contributed by atoms with Gasteiger partial charge < -0.3 is 10.6 Å². The van der Waals surface area contributed by atoms with E-state index in [0.29, 0.717) is 12.1 Å². The summed E-state index contributed by atoms with van der Waals surface area (Å²) in [7, 11) is 0. The van der Waals surface area contributed by atoms with E-state index < -0.39 is 4.92 Å². The van der Waals surface area contributed by atoms with Crippen molar-refractivity contribution in [2.75, 3.05) is 5.32 Å². The number of carbonyl (C=O) groups is 1. The molecule has 0 atom stereocenters. The maximum absolute atomic E-state index is 11.0. The number of hydrogen-bond donors (Lipinski definition) is 2. The van der Waals surface area contributed by atoms with Crippen LogP contribution < -0.4 is 10.6 Å². The van der Waals surface area contributed by atoms with Gasteiger partial charge in [0.25, 0.3) is 5.69 Å². The first-order chi connectivity index (χ1) is 8.02. The standard InChI is InChI=1S/C10H11N3O3S/c1-2-9(14)12-10(17)11-7-3-5-8(6-4-7)13(15)16/h3-6H,2H2,1H3,(H2,11,12,14,17). The van der Waals surface area contributed by atoms with E-state index in [4.69, 9.17) is 12.2 Å². The third-order valence-corrected chi connectivity index (χ3v) is 2.11. The number of hydrogen-bond acceptors (Lipinski definition) is 4. The predicted octanol–water partition coefficient (Wildman–Crippen LogP) is 1.82. The van der Waals surface area contributed by atoms with Gasteiger partial charge in [0.2, 0.25) is 5.91 Å². The normalized spacial score (nSPS) is 9.47. The fourth-order valence-electron chi connectivity index (χ4n) is 1.04. The Kier molecular flexibility index (Phi) is 4.53. The van der Waals surface area contributed by atoms with Crippen LogP contribution in [0.3, 0.4) is 0 Å². The molecule has 0 aliphatic carbocycles. The van der Waals surface area contributed by atoms with Crippen LogP contribution >= 0.6 is 12.2 Å². The molecule has 0 aliphatic heterocycles. The highest BCUT2D eigenvalue weighted by atomic mass is 32.1. The van der Waals surface area contributed by atoms with Crippen molar-refractivity contribution < 1.29 is 9.72 Å². The summed E-state index contributed by atoms with van der Waals surface area (Å²) in [4.78, 5) is 21.0. The Balaban J connectivity index is 2.60. The summed E-state index contributed by atoms with van der Waals surface area (Å²) in [6.07, 6.45) is 0.335. The minimum Gasteiger partial charge on any atom is -0.332 e. The second-order valence-corrected chi connectivity index (χ2v) is 3.57. The van der Waals surface area contributed by atoms with Gasteiger partial charge in [0.05, 0.1) is 4.92 Å². The molecule has 1 rings (SSSR count). The number of nitrogens with zero attached hydrogens (tertiary/aromatic N) is 1.